The number of unbranched alkanes of at least 4 members (excludes halogenated alkanes) is 1. The van der Waals surface area contributed by atoms with E-state index in [-0.39, 0.29) is 5.75 Å². The third-order valence-electron chi connectivity index (χ3n) is 3.30. The monoisotopic (exact) mass is 333 g/mol. The van der Waals surface area contributed by atoms with E-state index in [1.54, 1.807) is 0 Å². The summed E-state index contributed by atoms with van der Waals surface area (Å²) in [5.41, 5.74) is 0. The quantitative estimate of drug-likeness (QED) is 0.397. The van der Waals surface area contributed by atoms with Gasteiger partial charge in [-0.3, -0.25) is 4.55 Å². The molecule has 0 rings (SSSR count). The molecule has 0 atom stereocenters. The first-order valence-corrected chi connectivity index (χ1v) is 10.0. The summed E-state index contributed by atoms with van der Waals surface area (Å²) in [5.74, 6) is -0.107. The van der Waals surface area contributed by atoms with Crippen molar-refractivity contribution in [1.29, 1.82) is 0 Å². The summed E-state index contributed by atoms with van der Waals surface area (Å²) < 4.78 is 57.9. The maximum Gasteiger partial charge on any atom is 0.264 e. The van der Waals surface area contributed by atoms with Crippen LogP contribution in [0.4, 0.5) is 0 Å². The highest BCUT2D eigenvalue weighted by molar-refractivity contribution is 7.85. The summed E-state index contributed by atoms with van der Waals surface area (Å²) in [6.07, 6.45) is 2.02. The Morgan fingerprint density at radius 1 is 0.950 bits per heavy atom. The second-order valence-corrected chi connectivity index (χ2v) is 7.69. The molecule has 0 saturated heterocycles. The van der Waals surface area contributed by atoms with Gasteiger partial charge in [0.05, 0.1) is 42.1 Å². The average Bonchev–Trinajstić information content (AvgIpc) is 2.27. The molecule has 0 aromatic rings. The van der Waals surface area contributed by atoms with Gasteiger partial charge in [0.2, 0.25) is 0 Å². The molecule has 1 N–H and O–H groups in total. The van der Waals surface area contributed by atoms with E-state index >= 15 is 0 Å². The lowest BCUT2D eigenvalue weighted by molar-refractivity contribution is -0.923. The molecule has 0 aromatic carbocycles. The van der Waals surface area contributed by atoms with Crippen molar-refractivity contribution in [3.63, 3.8) is 0 Å². The minimum Gasteiger partial charge on any atom is -0.748 e. The van der Waals surface area contributed by atoms with E-state index in [1.165, 1.54) is 0 Å². The van der Waals surface area contributed by atoms with Crippen LogP contribution in [0.5, 0.6) is 0 Å². The summed E-state index contributed by atoms with van der Waals surface area (Å²) in [6, 6.07) is 0. The zero-order chi connectivity index (χ0) is 16.4. The lowest BCUT2D eigenvalue weighted by atomic mass is 10.2. The highest BCUT2D eigenvalue weighted by Gasteiger charge is 2.19. The predicted octanol–water partition coefficient (Wildman–Crippen LogP) is 0.692. The molecule has 0 radical (unpaired) electrons. The SMILES string of the molecule is CC[N+](CC)(CC)CCCCS(=O)(=O)O.CS(=O)(=O)[O-]. The summed E-state index contributed by atoms with van der Waals surface area (Å²) in [5, 5.41) is 0. The van der Waals surface area contributed by atoms with Gasteiger partial charge < -0.3 is 9.04 Å². The molecule has 124 valence electrons. The van der Waals surface area contributed by atoms with E-state index in [0.29, 0.717) is 12.7 Å². The number of nitrogens with zero attached hydrogens (tertiary/aromatic N) is 1. The molecule has 0 spiro atoms. The van der Waals surface area contributed by atoms with Crippen molar-refractivity contribution in [1.82, 2.24) is 0 Å². The van der Waals surface area contributed by atoms with Gasteiger partial charge in [0.15, 0.2) is 0 Å². The van der Waals surface area contributed by atoms with Crippen LogP contribution in [0, 0.1) is 0 Å². The fourth-order valence-electron chi connectivity index (χ4n) is 1.88. The van der Waals surface area contributed by atoms with Crippen molar-refractivity contribution in [2.24, 2.45) is 0 Å². The van der Waals surface area contributed by atoms with Crippen molar-refractivity contribution < 1.29 is 30.4 Å². The van der Waals surface area contributed by atoms with Gasteiger partial charge in [-0.05, 0) is 33.6 Å². The largest absolute Gasteiger partial charge is 0.748 e. The highest BCUT2D eigenvalue weighted by Crippen LogP contribution is 2.08. The summed E-state index contributed by atoms with van der Waals surface area (Å²) in [4.78, 5) is 0. The van der Waals surface area contributed by atoms with Gasteiger partial charge in [-0.1, -0.05) is 0 Å². The van der Waals surface area contributed by atoms with Gasteiger partial charge in [0.25, 0.3) is 10.1 Å². The zero-order valence-corrected chi connectivity index (χ0v) is 14.3. The van der Waals surface area contributed by atoms with Crippen LogP contribution < -0.4 is 0 Å². The highest BCUT2D eigenvalue weighted by atomic mass is 32.2. The lowest BCUT2D eigenvalue weighted by Gasteiger charge is -2.35. The van der Waals surface area contributed by atoms with Crippen LogP contribution >= 0.6 is 0 Å². The second-order valence-electron chi connectivity index (χ2n) is 4.71. The van der Waals surface area contributed by atoms with Gasteiger partial charge in [-0.15, -0.1) is 0 Å². The Balaban J connectivity index is 0. The Morgan fingerprint density at radius 2 is 1.30 bits per heavy atom. The summed E-state index contributed by atoms with van der Waals surface area (Å²) in [7, 11) is -7.69. The first-order chi connectivity index (χ1) is 8.89. The van der Waals surface area contributed by atoms with Gasteiger partial charge in [0, 0.05) is 6.26 Å². The number of quaternary nitrogens is 1. The molecule has 0 aliphatic rings. The van der Waals surface area contributed by atoms with Crippen molar-refractivity contribution in [3.05, 3.63) is 0 Å². The van der Waals surface area contributed by atoms with E-state index in [4.69, 9.17) is 17.5 Å². The molecule has 0 unspecified atom stereocenters. The molecule has 7 nitrogen and oxygen atoms in total. The van der Waals surface area contributed by atoms with Crippen LogP contribution in [0.1, 0.15) is 33.6 Å². The molecule has 0 aromatic heterocycles. The maximum atomic E-state index is 10.5. The number of rotatable bonds is 8. The standard InChI is InChI=1S/C10H23NO3S.CH4O3S/c1-4-11(5-2,6-3)9-7-8-10-15(12,13)14;1-5(2,3)4/h4-10H2,1-3H3;1H3,(H,2,3,4). The molecule has 0 fully saturated rings. The van der Waals surface area contributed by atoms with Crippen molar-refractivity contribution in [3.8, 4) is 0 Å². The van der Waals surface area contributed by atoms with E-state index in [0.717, 1.165) is 37.1 Å². The van der Waals surface area contributed by atoms with Crippen molar-refractivity contribution >= 4 is 20.2 Å². The molecule has 0 heterocycles. The van der Waals surface area contributed by atoms with E-state index in [2.05, 4.69) is 20.8 Å². The Hall–Kier alpha value is -0.220. The van der Waals surface area contributed by atoms with Crippen LogP contribution in [0.25, 0.3) is 0 Å². The first kappa shape index (κ1) is 22.1. The zero-order valence-electron chi connectivity index (χ0n) is 12.7. The van der Waals surface area contributed by atoms with Gasteiger partial charge in [-0.2, -0.15) is 8.42 Å². The molecular weight excluding hydrogens is 306 g/mol. The second kappa shape index (κ2) is 9.67. The molecule has 0 aliphatic carbocycles. The Kier molecular flexibility index (Phi) is 10.7. The third-order valence-corrected chi connectivity index (χ3v) is 4.10. The summed E-state index contributed by atoms with van der Waals surface area (Å²) >= 11 is 0. The Bertz CT molecular complexity index is 423. The minimum atomic E-state index is -3.92. The van der Waals surface area contributed by atoms with Crippen LogP contribution in [0.15, 0.2) is 0 Å². The van der Waals surface area contributed by atoms with Gasteiger partial charge >= 0.3 is 0 Å². The van der Waals surface area contributed by atoms with Crippen molar-refractivity contribution in [2.45, 2.75) is 33.6 Å². The molecule has 0 saturated carbocycles. The number of hydrogen-bond acceptors (Lipinski definition) is 5. The average molecular weight is 333 g/mol. The van der Waals surface area contributed by atoms with Gasteiger partial charge in [0.1, 0.15) is 0 Å². The van der Waals surface area contributed by atoms with Crippen molar-refractivity contribution in [2.75, 3.05) is 38.2 Å². The molecular formula is C11H27NO6S2. The predicted molar refractivity (Wildman–Crippen MR) is 78.0 cm³/mol. The van der Waals surface area contributed by atoms with Crippen LogP contribution in [-0.2, 0) is 20.2 Å². The molecule has 0 bridgehead atoms. The fraction of sp³-hybridized carbons (Fsp3) is 1.00. The normalized spacial score (nSPS) is 12.7. The van der Waals surface area contributed by atoms with Gasteiger partial charge in [-0.25, -0.2) is 8.42 Å². The maximum absolute atomic E-state index is 10.5. The molecule has 0 aliphatic heterocycles. The first-order valence-electron chi connectivity index (χ1n) is 6.60. The topological polar surface area (TPSA) is 112 Å². The van der Waals surface area contributed by atoms with Crippen LogP contribution in [-0.4, -0.2) is 68.6 Å². The summed E-state index contributed by atoms with van der Waals surface area (Å²) in [6.45, 7) is 10.7. The molecule has 20 heavy (non-hydrogen) atoms. The van der Waals surface area contributed by atoms with E-state index < -0.39 is 20.2 Å². The smallest absolute Gasteiger partial charge is 0.264 e. The van der Waals surface area contributed by atoms with E-state index in [1.807, 2.05) is 0 Å². The number of hydrogen-bond donors (Lipinski definition) is 1. The van der Waals surface area contributed by atoms with E-state index in [9.17, 15) is 8.42 Å². The molecule has 0 amide bonds. The third kappa shape index (κ3) is 15.8. The van der Waals surface area contributed by atoms with Crippen LogP contribution in [0.2, 0.25) is 0 Å². The molecule has 9 heteroatoms. The lowest BCUT2D eigenvalue weighted by Crippen LogP contribution is -2.48. The van der Waals surface area contributed by atoms with Crippen LogP contribution in [0.3, 0.4) is 0 Å². The minimum absolute atomic E-state index is 0.107. The Labute approximate surface area is 123 Å². The fourth-order valence-corrected chi connectivity index (χ4v) is 2.45. The Morgan fingerprint density at radius 3 is 1.55 bits per heavy atom.